The molecule has 176 valence electrons. The van der Waals surface area contributed by atoms with Crippen LogP contribution >= 0.6 is 11.6 Å². The third-order valence-electron chi connectivity index (χ3n) is 6.37. The summed E-state index contributed by atoms with van der Waals surface area (Å²) < 4.78 is 5.64. The lowest BCUT2D eigenvalue weighted by atomic mass is 9.84. The molecule has 1 saturated carbocycles. The zero-order valence-corrected chi connectivity index (χ0v) is 19.0. The summed E-state index contributed by atoms with van der Waals surface area (Å²) >= 11 is 5.85. The molecule has 0 atom stereocenters. The number of carbonyl (C=O) groups is 3. The number of rotatable bonds is 5. The van der Waals surface area contributed by atoms with E-state index in [1.54, 1.807) is 12.1 Å². The van der Waals surface area contributed by atoms with E-state index in [9.17, 15) is 14.4 Å². The van der Waals surface area contributed by atoms with Crippen molar-refractivity contribution in [1.29, 1.82) is 0 Å². The maximum Gasteiger partial charge on any atom is 0.294 e. The molecule has 2 fully saturated rings. The lowest BCUT2D eigenvalue weighted by molar-refractivity contribution is -0.130. The number of hydrogen-bond donors (Lipinski definition) is 2. The number of fused-ring (bicyclic) bond motifs is 1. The highest BCUT2D eigenvalue weighted by Gasteiger charge is 2.34. The Hall–Kier alpha value is -3.53. The van der Waals surface area contributed by atoms with Crippen molar-refractivity contribution >= 4 is 52.1 Å². The van der Waals surface area contributed by atoms with Crippen LogP contribution in [0.25, 0.3) is 11.2 Å². The Labute approximate surface area is 200 Å². The molecule has 0 radical (unpaired) electrons. The van der Waals surface area contributed by atoms with Crippen LogP contribution in [0.2, 0.25) is 5.02 Å². The second-order valence-corrected chi connectivity index (χ2v) is 8.95. The van der Waals surface area contributed by atoms with Crippen molar-refractivity contribution in [3.05, 3.63) is 41.5 Å². The molecular weight excluding hydrogens is 460 g/mol. The van der Waals surface area contributed by atoms with Crippen molar-refractivity contribution < 1.29 is 18.8 Å². The van der Waals surface area contributed by atoms with E-state index in [0.29, 0.717) is 29.8 Å². The van der Waals surface area contributed by atoms with E-state index in [1.807, 2.05) is 4.90 Å². The lowest BCUT2D eigenvalue weighted by Gasteiger charge is -2.34. The van der Waals surface area contributed by atoms with Crippen LogP contribution in [-0.4, -0.2) is 50.2 Å². The Kier molecular flexibility index (Phi) is 6.14. The number of carbonyl (C=O) groups excluding carboxylic acids is 3. The molecular formula is C23H23ClN6O4. The zero-order valence-electron chi connectivity index (χ0n) is 18.3. The van der Waals surface area contributed by atoms with Gasteiger partial charge in [-0.15, -0.1) is 0 Å². The number of anilines is 2. The summed E-state index contributed by atoms with van der Waals surface area (Å²) in [5, 5.41) is 5.93. The fourth-order valence-electron chi connectivity index (χ4n) is 4.66. The summed E-state index contributed by atoms with van der Waals surface area (Å²) in [6, 6.07) is 3.36. The number of halogens is 1. The summed E-state index contributed by atoms with van der Waals surface area (Å²) in [6.45, 7) is 0.807. The fraction of sp³-hybridized carbons (Fsp3) is 0.391. The van der Waals surface area contributed by atoms with Crippen molar-refractivity contribution in [2.45, 2.75) is 44.6 Å². The van der Waals surface area contributed by atoms with E-state index in [4.69, 9.17) is 16.0 Å². The molecule has 0 aromatic carbocycles. The average molecular weight is 483 g/mol. The van der Waals surface area contributed by atoms with Gasteiger partial charge in [-0.05, 0) is 44.2 Å². The molecule has 2 N–H and O–H groups in total. The number of hydrogen-bond acceptors (Lipinski definition) is 7. The Balaban J connectivity index is 1.32. The van der Waals surface area contributed by atoms with Gasteiger partial charge >= 0.3 is 0 Å². The van der Waals surface area contributed by atoms with E-state index in [2.05, 4.69) is 25.6 Å². The van der Waals surface area contributed by atoms with Crippen molar-refractivity contribution in [2.24, 2.45) is 5.92 Å². The van der Waals surface area contributed by atoms with Gasteiger partial charge in [0.15, 0.2) is 5.52 Å². The van der Waals surface area contributed by atoms with Crippen molar-refractivity contribution in [1.82, 2.24) is 19.9 Å². The lowest BCUT2D eigenvalue weighted by Crippen LogP contribution is -2.40. The van der Waals surface area contributed by atoms with Crippen LogP contribution in [0, 0.1) is 5.92 Å². The quantitative estimate of drug-likeness (QED) is 0.567. The smallest absolute Gasteiger partial charge is 0.294 e. The number of likely N-dealkylation sites (tertiary alicyclic amines) is 1. The number of nitrogens with zero attached hydrogens (tertiary/aromatic N) is 4. The Bertz CT molecular complexity index is 1240. The van der Waals surface area contributed by atoms with Crippen molar-refractivity contribution in [2.75, 3.05) is 17.2 Å². The SMILES string of the molecule is O=C(Nc1ccc(Cl)cn1)c1oc2nccnc2c1NC(=O)C1CCC(N2CCCC2=O)CC1. The van der Waals surface area contributed by atoms with Crippen molar-refractivity contribution in [3.8, 4) is 0 Å². The molecule has 0 spiro atoms. The molecule has 11 heteroatoms. The van der Waals surface area contributed by atoms with Crippen LogP contribution in [0.1, 0.15) is 49.1 Å². The molecule has 2 aliphatic rings. The summed E-state index contributed by atoms with van der Waals surface area (Å²) in [6.07, 6.45) is 8.74. The number of aromatic nitrogens is 3. The minimum Gasteiger partial charge on any atom is -0.429 e. The predicted octanol–water partition coefficient (Wildman–Crippen LogP) is 3.64. The zero-order chi connectivity index (χ0) is 23.7. The molecule has 0 bridgehead atoms. The third-order valence-corrected chi connectivity index (χ3v) is 6.59. The molecule has 5 rings (SSSR count). The van der Waals surface area contributed by atoms with Crippen LogP contribution in [-0.2, 0) is 9.59 Å². The topological polar surface area (TPSA) is 130 Å². The number of pyridine rings is 1. The molecule has 10 nitrogen and oxygen atoms in total. The van der Waals surface area contributed by atoms with Crippen LogP contribution in [0.15, 0.2) is 35.1 Å². The van der Waals surface area contributed by atoms with Gasteiger partial charge in [-0.25, -0.2) is 15.0 Å². The molecule has 0 unspecified atom stereocenters. The first kappa shape index (κ1) is 22.3. The van der Waals surface area contributed by atoms with E-state index >= 15 is 0 Å². The van der Waals surface area contributed by atoms with E-state index in [1.165, 1.54) is 18.6 Å². The minimum absolute atomic E-state index is 0.109. The summed E-state index contributed by atoms with van der Waals surface area (Å²) in [7, 11) is 0. The number of nitrogens with one attached hydrogen (secondary N) is 2. The Morgan fingerprint density at radius 3 is 2.56 bits per heavy atom. The largest absolute Gasteiger partial charge is 0.429 e. The van der Waals surface area contributed by atoms with Gasteiger partial charge < -0.3 is 20.0 Å². The average Bonchev–Trinajstić information content (AvgIpc) is 3.44. The molecule has 3 amide bonds. The van der Waals surface area contributed by atoms with Gasteiger partial charge in [-0.2, -0.15) is 0 Å². The third kappa shape index (κ3) is 4.45. The van der Waals surface area contributed by atoms with E-state index in [-0.39, 0.29) is 46.8 Å². The van der Waals surface area contributed by atoms with Gasteiger partial charge in [0.05, 0.1) is 5.02 Å². The van der Waals surface area contributed by atoms with Gasteiger partial charge in [0.25, 0.3) is 5.91 Å². The normalized spacial score (nSPS) is 20.5. The molecule has 3 aromatic rings. The molecule has 1 aliphatic carbocycles. The highest BCUT2D eigenvalue weighted by Crippen LogP contribution is 2.33. The Morgan fingerprint density at radius 1 is 1.06 bits per heavy atom. The van der Waals surface area contributed by atoms with E-state index < -0.39 is 5.91 Å². The molecule has 1 saturated heterocycles. The number of amides is 3. The monoisotopic (exact) mass is 482 g/mol. The molecule has 4 heterocycles. The second-order valence-electron chi connectivity index (χ2n) is 8.52. The Morgan fingerprint density at radius 2 is 1.85 bits per heavy atom. The first-order chi connectivity index (χ1) is 16.5. The molecule has 34 heavy (non-hydrogen) atoms. The second kappa shape index (κ2) is 9.38. The molecule has 1 aliphatic heterocycles. The van der Waals surface area contributed by atoms with Gasteiger partial charge in [0, 0.05) is 43.5 Å². The standard InChI is InChI=1S/C23H23ClN6O4/c24-14-5-8-16(27-12-14)28-22(33)20-18(19-23(34-20)26-10-9-25-19)29-21(32)13-3-6-15(7-4-13)30-11-1-2-17(30)31/h5,8-10,12-13,15H,1-4,6-7,11H2,(H,29,32)(H,27,28,33). The van der Waals surface area contributed by atoms with Gasteiger partial charge in [-0.3, -0.25) is 14.4 Å². The fourth-order valence-corrected chi connectivity index (χ4v) is 4.77. The first-order valence-corrected chi connectivity index (χ1v) is 11.6. The number of furan rings is 1. The summed E-state index contributed by atoms with van der Waals surface area (Å²) in [5.74, 6) is -0.656. The van der Waals surface area contributed by atoms with E-state index in [0.717, 1.165) is 25.8 Å². The minimum atomic E-state index is -0.596. The van der Waals surface area contributed by atoms with Gasteiger partial charge in [0.2, 0.25) is 23.3 Å². The van der Waals surface area contributed by atoms with Crippen molar-refractivity contribution in [3.63, 3.8) is 0 Å². The van der Waals surface area contributed by atoms with Crippen LogP contribution in [0.5, 0.6) is 0 Å². The van der Waals surface area contributed by atoms with Crippen LogP contribution in [0.3, 0.4) is 0 Å². The van der Waals surface area contributed by atoms with Crippen LogP contribution in [0.4, 0.5) is 11.5 Å². The first-order valence-electron chi connectivity index (χ1n) is 11.3. The van der Waals surface area contributed by atoms with Gasteiger partial charge in [0.1, 0.15) is 11.5 Å². The molecule has 3 aromatic heterocycles. The predicted molar refractivity (Wildman–Crippen MR) is 124 cm³/mol. The highest BCUT2D eigenvalue weighted by atomic mass is 35.5. The highest BCUT2D eigenvalue weighted by molar-refractivity contribution is 6.30. The van der Waals surface area contributed by atoms with Crippen LogP contribution < -0.4 is 10.6 Å². The maximum atomic E-state index is 13.1. The maximum absolute atomic E-state index is 13.1. The summed E-state index contributed by atoms with van der Waals surface area (Å²) in [4.78, 5) is 52.5. The van der Waals surface area contributed by atoms with Gasteiger partial charge in [-0.1, -0.05) is 11.6 Å². The summed E-state index contributed by atoms with van der Waals surface area (Å²) in [5.41, 5.74) is 0.612.